The predicted octanol–water partition coefficient (Wildman–Crippen LogP) is 0.349. The molecule has 1 amide bonds. The van der Waals surface area contributed by atoms with E-state index in [0.29, 0.717) is 11.6 Å². The molecule has 0 aromatic carbocycles. The van der Waals surface area contributed by atoms with Gasteiger partial charge in [-0.05, 0) is 19.8 Å². The zero-order chi connectivity index (χ0) is 9.26. The van der Waals surface area contributed by atoms with Gasteiger partial charge in [0.1, 0.15) is 5.82 Å². The lowest BCUT2D eigenvalue weighted by Gasteiger charge is -2.11. The Morgan fingerprint density at radius 3 is 2.69 bits per heavy atom. The van der Waals surface area contributed by atoms with Gasteiger partial charge in [-0.15, -0.1) is 5.10 Å². The minimum Gasteiger partial charge on any atom is -0.336 e. The maximum absolute atomic E-state index is 11.6. The van der Waals surface area contributed by atoms with Crippen LogP contribution < -0.4 is 0 Å². The molecule has 0 aliphatic carbocycles. The number of nitrogens with one attached hydrogen (secondary N) is 1. The third kappa shape index (κ3) is 1.54. The topological polar surface area (TPSA) is 61.9 Å². The van der Waals surface area contributed by atoms with Gasteiger partial charge in [-0.2, -0.15) is 0 Å². The van der Waals surface area contributed by atoms with Crippen LogP contribution in [0, 0.1) is 6.92 Å². The molecule has 0 spiro atoms. The predicted molar refractivity (Wildman–Crippen MR) is 46.3 cm³/mol. The molecule has 0 saturated carbocycles. The lowest BCUT2D eigenvalue weighted by Crippen LogP contribution is -2.28. The van der Waals surface area contributed by atoms with E-state index in [-0.39, 0.29) is 5.91 Å². The van der Waals surface area contributed by atoms with Crippen molar-refractivity contribution in [1.82, 2.24) is 20.1 Å². The molecule has 1 aliphatic rings. The number of likely N-dealkylation sites (tertiary alicyclic amines) is 1. The van der Waals surface area contributed by atoms with Gasteiger partial charge in [0.25, 0.3) is 5.91 Å². The van der Waals surface area contributed by atoms with Gasteiger partial charge in [0.05, 0.1) is 0 Å². The van der Waals surface area contributed by atoms with Crippen LogP contribution in [0.2, 0.25) is 0 Å². The molecule has 1 fully saturated rings. The van der Waals surface area contributed by atoms with Crippen LogP contribution in [0.4, 0.5) is 0 Å². The Hall–Kier alpha value is -1.39. The molecule has 0 atom stereocenters. The van der Waals surface area contributed by atoms with Crippen molar-refractivity contribution in [1.29, 1.82) is 0 Å². The average Bonchev–Trinajstić information content (AvgIpc) is 2.72. The Morgan fingerprint density at radius 2 is 2.15 bits per heavy atom. The van der Waals surface area contributed by atoms with Gasteiger partial charge >= 0.3 is 0 Å². The van der Waals surface area contributed by atoms with E-state index in [2.05, 4.69) is 15.2 Å². The number of rotatable bonds is 1. The molecule has 1 aromatic rings. The van der Waals surface area contributed by atoms with E-state index in [4.69, 9.17) is 0 Å². The normalized spacial score (nSPS) is 16.5. The molecule has 70 valence electrons. The Bertz CT molecular complexity index is 314. The lowest BCUT2D eigenvalue weighted by atomic mass is 10.4. The number of aryl methyl sites for hydroxylation is 1. The van der Waals surface area contributed by atoms with Crippen molar-refractivity contribution in [2.24, 2.45) is 0 Å². The first-order chi connectivity index (χ1) is 6.27. The van der Waals surface area contributed by atoms with Gasteiger partial charge in [-0.1, -0.05) is 0 Å². The average molecular weight is 180 g/mol. The van der Waals surface area contributed by atoms with Crippen LogP contribution in [-0.4, -0.2) is 39.1 Å². The van der Waals surface area contributed by atoms with Crippen molar-refractivity contribution in [2.45, 2.75) is 19.8 Å². The van der Waals surface area contributed by atoms with Gasteiger partial charge in [0.2, 0.25) is 5.82 Å². The minimum absolute atomic E-state index is 0.0538. The fourth-order valence-electron chi connectivity index (χ4n) is 1.50. The van der Waals surface area contributed by atoms with Crippen LogP contribution in [0.25, 0.3) is 0 Å². The van der Waals surface area contributed by atoms with Crippen molar-refractivity contribution in [2.75, 3.05) is 13.1 Å². The van der Waals surface area contributed by atoms with E-state index < -0.39 is 0 Å². The smallest absolute Gasteiger partial charge is 0.293 e. The van der Waals surface area contributed by atoms with Crippen LogP contribution >= 0.6 is 0 Å². The Balaban J connectivity index is 2.12. The highest BCUT2D eigenvalue weighted by Gasteiger charge is 2.22. The summed E-state index contributed by atoms with van der Waals surface area (Å²) in [5.74, 6) is 0.920. The molecule has 1 N–H and O–H groups in total. The summed E-state index contributed by atoms with van der Waals surface area (Å²) in [4.78, 5) is 17.4. The van der Waals surface area contributed by atoms with Gasteiger partial charge < -0.3 is 4.90 Å². The first kappa shape index (κ1) is 8.22. The van der Waals surface area contributed by atoms with Gasteiger partial charge in [0, 0.05) is 13.1 Å². The number of nitrogens with zero attached hydrogens (tertiary/aromatic N) is 3. The quantitative estimate of drug-likeness (QED) is 0.678. The summed E-state index contributed by atoms with van der Waals surface area (Å²) in [6.07, 6.45) is 2.18. The van der Waals surface area contributed by atoms with Crippen LogP contribution in [0.3, 0.4) is 0 Å². The van der Waals surface area contributed by atoms with Gasteiger partial charge in [-0.25, -0.2) is 4.98 Å². The molecule has 0 radical (unpaired) electrons. The highest BCUT2D eigenvalue weighted by atomic mass is 16.2. The third-order valence-corrected chi connectivity index (χ3v) is 2.18. The van der Waals surface area contributed by atoms with E-state index in [0.717, 1.165) is 25.9 Å². The summed E-state index contributed by atoms with van der Waals surface area (Å²) in [6.45, 7) is 3.46. The number of carbonyl (C=O) groups excluding carboxylic acids is 1. The van der Waals surface area contributed by atoms with Crippen LogP contribution in [0.1, 0.15) is 29.3 Å². The molecule has 1 saturated heterocycles. The summed E-state index contributed by atoms with van der Waals surface area (Å²) in [5, 5.41) is 6.50. The number of hydrogen-bond donors (Lipinski definition) is 1. The number of H-pyrrole nitrogens is 1. The Labute approximate surface area is 76.2 Å². The summed E-state index contributed by atoms with van der Waals surface area (Å²) >= 11 is 0. The second-order valence-corrected chi connectivity index (χ2v) is 3.24. The fraction of sp³-hybridized carbons (Fsp3) is 0.625. The zero-order valence-corrected chi connectivity index (χ0v) is 7.58. The second-order valence-electron chi connectivity index (χ2n) is 3.24. The van der Waals surface area contributed by atoms with E-state index >= 15 is 0 Å². The zero-order valence-electron chi connectivity index (χ0n) is 7.58. The van der Waals surface area contributed by atoms with E-state index in [1.165, 1.54) is 0 Å². The molecule has 5 heteroatoms. The first-order valence-electron chi connectivity index (χ1n) is 4.45. The molecule has 1 aliphatic heterocycles. The molecular weight excluding hydrogens is 168 g/mol. The maximum atomic E-state index is 11.6. The van der Waals surface area contributed by atoms with Crippen molar-refractivity contribution in [3.8, 4) is 0 Å². The minimum atomic E-state index is -0.0538. The SMILES string of the molecule is Cc1nc(C(=O)N2CCCC2)n[nH]1. The standard InChI is InChI=1S/C8H12N4O/c1-6-9-7(11-10-6)8(13)12-4-2-3-5-12/h2-5H2,1H3,(H,9,10,11). The second kappa shape index (κ2) is 3.16. The Morgan fingerprint density at radius 1 is 1.46 bits per heavy atom. The van der Waals surface area contributed by atoms with E-state index in [1.807, 2.05) is 0 Å². The molecule has 2 heterocycles. The first-order valence-corrected chi connectivity index (χ1v) is 4.45. The summed E-state index contributed by atoms with van der Waals surface area (Å²) in [6, 6.07) is 0. The highest BCUT2D eigenvalue weighted by molar-refractivity contribution is 5.90. The van der Waals surface area contributed by atoms with Crippen molar-refractivity contribution in [3.63, 3.8) is 0 Å². The fourth-order valence-corrected chi connectivity index (χ4v) is 1.50. The van der Waals surface area contributed by atoms with Gasteiger partial charge in [-0.3, -0.25) is 9.89 Å². The Kier molecular flexibility index (Phi) is 2.00. The highest BCUT2D eigenvalue weighted by Crippen LogP contribution is 2.10. The number of carbonyl (C=O) groups is 1. The third-order valence-electron chi connectivity index (χ3n) is 2.18. The number of hydrogen-bond acceptors (Lipinski definition) is 3. The summed E-state index contributed by atoms with van der Waals surface area (Å²) in [7, 11) is 0. The largest absolute Gasteiger partial charge is 0.336 e. The van der Waals surface area contributed by atoms with Crippen LogP contribution in [-0.2, 0) is 0 Å². The van der Waals surface area contributed by atoms with Crippen molar-refractivity contribution in [3.05, 3.63) is 11.6 Å². The van der Waals surface area contributed by atoms with Crippen molar-refractivity contribution < 1.29 is 4.79 Å². The number of aromatic amines is 1. The van der Waals surface area contributed by atoms with E-state index in [1.54, 1.807) is 11.8 Å². The van der Waals surface area contributed by atoms with E-state index in [9.17, 15) is 4.79 Å². The summed E-state index contributed by atoms with van der Waals surface area (Å²) in [5.41, 5.74) is 0. The number of aromatic nitrogens is 3. The lowest BCUT2D eigenvalue weighted by molar-refractivity contribution is 0.0781. The van der Waals surface area contributed by atoms with Crippen LogP contribution in [0.5, 0.6) is 0 Å². The maximum Gasteiger partial charge on any atom is 0.293 e. The molecule has 2 rings (SSSR count). The monoisotopic (exact) mass is 180 g/mol. The molecular formula is C8H12N4O. The molecule has 1 aromatic heterocycles. The van der Waals surface area contributed by atoms with Crippen molar-refractivity contribution >= 4 is 5.91 Å². The van der Waals surface area contributed by atoms with Gasteiger partial charge in [0.15, 0.2) is 0 Å². The molecule has 0 bridgehead atoms. The van der Waals surface area contributed by atoms with Crippen LogP contribution in [0.15, 0.2) is 0 Å². The molecule has 13 heavy (non-hydrogen) atoms. The molecule has 5 nitrogen and oxygen atoms in total. The number of amides is 1. The summed E-state index contributed by atoms with van der Waals surface area (Å²) < 4.78 is 0. The molecule has 0 unspecified atom stereocenters.